The zero-order valence-corrected chi connectivity index (χ0v) is 13.6. The van der Waals surface area contributed by atoms with E-state index in [0.29, 0.717) is 6.04 Å². The van der Waals surface area contributed by atoms with Crippen LogP contribution in [-0.4, -0.2) is 56.7 Å². The minimum Gasteiger partial charge on any atom is -0.453 e. The first-order chi connectivity index (χ1) is 10.8. The number of nitrogens with one attached hydrogen (secondary N) is 1. The molecule has 6 nitrogen and oxygen atoms in total. The Balaban J connectivity index is 1.39. The van der Waals surface area contributed by atoms with E-state index in [9.17, 15) is 0 Å². The lowest BCUT2D eigenvalue weighted by Gasteiger charge is -2.41. The van der Waals surface area contributed by atoms with Crippen LogP contribution in [0.25, 0.3) is 0 Å². The van der Waals surface area contributed by atoms with Gasteiger partial charge in [-0.05, 0) is 50.2 Å². The molecule has 4 heterocycles. The lowest BCUT2D eigenvalue weighted by atomic mass is 10.1. The SMILES string of the molecule is C[C@H]1CN2CCCC2CN1Cc1ccc(Sc2ncn[nH]2)o1. The number of H-pyrrole nitrogens is 1. The van der Waals surface area contributed by atoms with E-state index in [1.165, 1.54) is 44.0 Å². The third-order valence-electron chi connectivity index (χ3n) is 4.65. The maximum atomic E-state index is 5.94. The number of hydrogen-bond donors (Lipinski definition) is 1. The van der Waals surface area contributed by atoms with E-state index < -0.39 is 0 Å². The van der Waals surface area contributed by atoms with Crippen molar-refractivity contribution in [1.29, 1.82) is 0 Å². The molecule has 0 spiro atoms. The van der Waals surface area contributed by atoms with E-state index >= 15 is 0 Å². The average molecular weight is 319 g/mol. The number of piperazine rings is 1. The highest BCUT2D eigenvalue weighted by atomic mass is 32.2. The summed E-state index contributed by atoms with van der Waals surface area (Å²) in [5.74, 6) is 1.03. The van der Waals surface area contributed by atoms with Gasteiger partial charge in [-0.1, -0.05) is 0 Å². The first-order valence-electron chi connectivity index (χ1n) is 7.88. The molecule has 0 amide bonds. The van der Waals surface area contributed by atoms with Crippen molar-refractivity contribution in [2.75, 3.05) is 19.6 Å². The van der Waals surface area contributed by atoms with Gasteiger partial charge in [-0.3, -0.25) is 14.9 Å². The molecule has 118 valence electrons. The van der Waals surface area contributed by atoms with Crippen LogP contribution < -0.4 is 0 Å². The Labute approximate surface area is 134 Å². The Morgan fingerprint density at radius 1 is 1.41 bits per heavy atom. The topological polar surface area (TPSA) is 61.2 Å². The number of rotatable bonds is 4. The van der Waals surface area contributed by atoms with Gasteiger partial charge in [-0.25, -0.2) is 4.98 Å². The van der Waals surface area contributed by atoms with Gasteiger partial charge in [0.2, 0.25) is 0 Å². The summed E-state index contributed by atoms with van der Waals surface area (Å²) in [7, 11) is 0. The van der Waals surface area contributed by atoms with Crippen molar-refractivity contribution >= 4 is 11.8 Å². The van der Waals surface area contributed by atoms with Gasteiger partial charge in [0.15, 0.2) is 10.2 Å². The second-order valence-corrected chi connectivity index (χ2v) is 7.18. The van der Waals surface area contributed by atoms with Gasteiger partial charge in [-0.15, -0.1) is 0 Å². The van der Waals surface area contributed by atoms with Crippen molar-refractivity contribution in [2.45, 2.75) is 48.6 Å². The Kier molecular flexibility index (Phi) is 3.94. The molecule has 22 heavy (non-hydrogen) atoms. The molecule has 2 atom stereocenters. The smallest absolute Gasteiger partial charge is 0.191 e. The van der Waals surface area contributed by atoms with Gasteiger partial charge < -0.3 is 4.42 Å². The van der Waals surface area contributed by atoms with Crippen LogP contribution in [0.3, 0.4) is 0 Å². The van der Waals surface area contributed by atoms with E-state index in [1.54, 1.807) is 0 Å². The molecule has 2 aliphatic rings. The molecule has 2 aromatic heterocycles. The maximum absolute atomic E-state index is 5.94. The summed E-state index contributed by atoms with van der Waals surface area (Å²) in [5.41, 5.74) is 0. The number of aromatic nitrogens is 3. The van der Waals surface area contributed by atoms with Crippen LogP contribution in [0.15, 0.2) is 33.1 Å². The van der Waals surface area contributed by atoms with Crippen LogP contribution in [0.5, 0.6) is 0 Å². The molecule has 1 unspecified atom stereocenters. The normalized spacial score (nSPS) is 26.4. The summed E-state index contributed by atoms with van der Waals surface area (Å²) in [6.07, 6.45) is 4.20. The average Bonchev–Trinajstić information content (AvgIpc) is 3.22. The zero-order chi connectivity index (χ0) is 14.9. The first kappa shape index (κ1) is 14.3. The Bertz CT molecular complexity index is 613. The van der Waals surface area contributed by atoms with Gasteiger partial charge in [0.1, 0.15) is 12.1 Å². The van der Waals surface area contributed by atoms with Gasteiger partial charge in [0, 0.05) is 25.2 Å². The molecule has 1 N–H and O–H groups in total. The predicted molar refractivity (Wildman–Crippen MR) is 83.7 cm³/mol. The van der Waals surface area contributed by atoms with E-state index in [4.69, 9.17) is 4.42 Å². The number of aromatic amines is 1. The summed E-state index contributed by atoms with van der Waals surface area (Å²) in [4.78, 5) is 9.30. The molecule has 2 fully saturated rings. The third kappa shape index (κ3) is 2.93. The number of nitrogens with zero attached hydrogens (tertiary/aromatic N) is 4. The molecule has 0 saturated carbocycles. The molecule has 2 aliphatic heterocycles. The Morgan fingerprint density at radius 3 is 3.23 bits per heavy atom. The van der Waals surface area contributed by atoms with E-state index in [0.717, 1.165) is 35.1 Å². The van der Waals surface area contributed by atoms with Crippen molar-refractivity contribution in [3.05, 3.63) is 24.2 Å². The molecule has 4 rings (SSSR count). The molecule has 0 aliphatic carbocycles. The van der Waals surface area contributed by atoms with Crippen LogP contribution in [0.4, 0.5) is 0 Å². The zero-order valence-electron chi connectivity index (χ0n) is 12.7. The van der Waals surface area contributed by atoms with Gasteiger partial charge in [-0.2, -0.15) is 5.10 Å². The van der Waals surface area contributed by atoms with E-state index in [-0.39, 0.29) is 0 Å². The van der Waals surface area contributed by atoms with Gasteiger partial charge in [0.25, 0.3) is 0 Å². The second kappa shape index (κ2) is 6.06. The minimum atomic E-state index is 0.588. The summed E-state index contributed by atoms with van der Waals surface area (Å²) in [6, 6.07) is 5.42. The van der Waals surface area contributed by atoms with Crippen LogP contribution in [-0.2, 0) is 6.54 Å². The van der Waals surface area contributed by atoms with Crippen molar-refractivity contribution in [3.63, 3.8) is 0 Å². The summed E-state index contributed by atoms with van der Waals surface area (Å²) in [5, 5.41) is 8.30. The van der Waals surface area contributed by atoms with E-state index in [2.05, 4.69) is 38.0 Å². The molecule has 0 aromatic carbocycles. The van der Waals surface area contributed by atoms with Crippen molar-refractivity contribution in [1.82, 2.24) is 25.0 Å². The summed E-state index contributed by atoms with van der Waals surface area (Å²) in [6.45, 7) is 6.84. The molecule has 2 saturated heterocycles. The second-order valence-electron chi connectivity index (χ2n) is 6.18. The third-order valence-corrected chi connectivity index (χ3v) is 5.46. The molecular weight excluding hydrogens is 298 g/mol. The fourth-order valence-corrected chi connectivity index (χ4v) is 4.18. The summed E-state index contributed by atoms with van der Waals surface area (Å²) < 4.78 is 5.94. The van der Waals surface area contributed by atoms with Crippen molar-refractivity contribution < 1.29 is 4.42 Å². The van der Waals surface area contributed by atoms with E-state index in [1.807, 2.05) is 6.07 Å². The Morgan fingerprint density at radius 2 is 2.36 bits per heavy atom. The van der Waals surface area contributed by atoms with Crippen LogP contribution in [0.1, 0.15) is 25.5 Å². The molecule has 2 aromatic rings. The largest absolute Gasteiger partial charge is 0.453 e. The quantitative estimate of drug-likeness (QED) is 0.932. The molecule has 0 bridgehead atoms. The fourth-order valence-electron chi connectivity index (χ4n) is 3.51. The number of hydrogen-bond acceptors (Lipinski definition) is 6. The maximum Gasteiger partial charge on any atom is 0.191 e. The predicted octanol–water partition coefficient (Wildman–Crippen LogP) is 2.22. The van der Waals surface area contributed by atoms with Crippen LogP contribution in [0, 0.1) is 0 Å². The van der Waals surface area contributed by atoms with Crippen LogP contribution >= 0.6 is 11.8 Å². The van der Waals surface area contributed by atoms with Gasteiger partial charge in [0.05, 0.1) is 6.54 Å². The number of fused-ring (bicyclic) bond motifs is 1. The molecule has 7 heteroatoms. The monoisotopic (exact) mass is 319 g/mol. The number of furan rings is 1. The molecule has 0 radical (unpaired) electrons. The standard InChI is InChI=1S/C15H21N5OS/c1-11-7-19-6-2-3-12(19)8-20(11)9-13-4-5-14(21-13)22-15-16-10-17-18-15/h4-5,10-12H,2-3,6-9H2,1H3,(H,16,17,18)/t11-,12?/m0/s1. The lowest BCUT2D eigenvalue weighted by Crippen LogP contribution is -2.54. The van der Waals surface area contributed by atoms with Crippen LogP contribution in [0.2, 0.25) is 0 Å². The van der Waals surface area contributed by atoms with Crippen molar-refractivity contribution in [2.24, 2.45) is 0 Å². The van der Waals surface area contributed by atoms with Crippen molar-refractivity contribution in [3.8, 4) is 0 Å². The fraction of sp³-hybridized carbons (Fsp3) is 0.600. The Hall–Kier alpha value is -1.31. The lowest BCUT2D eigenvalue weighted by molar-refractivity contribution is 0.0486. The van der Waals surface area contributed by atoms with Gasteiger partial charge >= 0.3 is 0 Å². The highest BCUT2D eigenvalue weighted by molar-refractivity contribution is 7.99. The minimum absolute atomic E-state index is 0.588. The highest BCUT2D eigenvalue weighted by Crippen LogP contribution is 2.29. The molecular formula is C15H21N5OS. The highest BCUT2D eigenvalue weighted by Gasteiger charge is 2.34. The summed E-state index contributed by atoms with van der Waals surface area (Å²) >= 11 is 1.47. The first-order valence-corrected chi connectivity index (χ1v) is 8.69.